The molecular weight excluding hydrogens is 420 g/mol. The molecule has 0 bridgehead atoms. The van der Waals surface area contributed by atoms with Crippen molar-refractivity contribution in [3.05, 3.63) is 52.0 Å². The van der Waals surface area contributed by atoms with Gasteiger partial charge in [-0.3, -0.25) is 5.32 Å². The summed E-state index contributed by atoms with van der Waals surface area (Å²) in [6, 6.07) is 11.1. The third-order valence-electron chi connectivity index (χ3n) is 3.30. The first-order valence-electron chi connectivity index (χ1n) is 7.66. The van der Waals surface area contributed by atoms with E-state index in [-0.39, 0.29) is 24.8 Å². The Morgan fingerprint density at radius 3 is 2.38 bits per heavy atom. The lowest BCUT2D eigenvalue weighted by Crippen LogP contribution is -3.00. The average Bonchev–Trinajstić information content (AvgIpc) is 2.52. The zero-order valence-electron chi connectivity index (χ0n) is 14.2. The molecule has 9 heteroatoms. The molecule has 26 heavy (non-hydrogen) atoms. The van der Waals surface area contributed by atoms with Crippen molar-refractivity contribution >= 4 is 46.4 Å². The van der Waals surface area contributed by atoms with Gasteiger partial charge < -0.3 is 40.6 Å². The molecule has 0 saturated carbocycles. The molecular formula is C17H21Cl4N3O2. The first kappa shape index (κ1) is 24.8. The normalized spacial score (nSPS) is 9.69. The number of halogens is 4. The topological polar surface area (TPSA) is 82.6 Å². The fourth-order valence-electron chi connectivity index (χ4n) is 2.17. The number of rotatable bonds is 6. The van der Waals surface area contributed by atoms with Gasteiger partial charge >= 0.3 is 6.09 Å². The van der Waals surface area contributed by atoms with Crippen molar-refractivity contribution in [2.24, 2.45) is 0 Å². The Kier molecular flexibility index (Phi) is 11.7. The summed E-state index contributed by atoms with van der Waals surface area (Å²) in [5.41, 5.74) is 7.36. The number of nitrogens with one attached hydrogen (secondary N) is 1. The first-order valence-corrected chi connectivity index (χ1v) is 8.41. The zero-order chi connectivity index (χ0) is 17.5. The Bertz CT molecular complexity index is 709. The van der Waals surface area contributed by atoms with Gasteiger partial charge in [0.05, 0.1) is 12.7 Å². The van der Waals surface area contributed by atoms with Crippen molar-refractivity contribution in [3.8, 4) is 0 Å². The van der Waals surface area contributed by atoms with Crippen molar-refractivity contribution in [1.29, 1.82) is 0 Å². The number of carbonyl (C=O) groups excluding carboxylic acids is 1. The van der Waals surface area contributed by atoms with Crippen molar-refractivity contribution in [2.45, 2.75) is 19.9 Å². The van der Waals surface area contributed by atoms with Crippen LogP contribution >= 0.6 is 23.2 Å². The molecule has 2 aromatic rings. The molecule has 0 aliphatic rings. The van der Waals surface area contributed by atoms with Gasteiger partial charge in [0.1, 0.15) is 17.9 Å². The predicted octanol–water partition coefficient (Wildman–Crippen LogP) is -2.77. The van der Waals surface area contributed by atoms with Gasteiger partial charge in [-0.05, 0) is 30.7 Å². The van der Waals surface area contributed by atoms with E-state index in [0.717, 1.165) is 23.4 Å². The molecule has 0 atom stereocenters. The molecule has 5 nitrogen and oxygen atoms in total. The van der Waals surface area contributed by atoms with Gasteiger partial charge in [0.2, 0.25) is 0 Å². The average molecular weight is 441 g/mol. The minimum Gasteiger partial charge on any atom is -1.00 e. The highest BCUT2D eigenvalue weighted by Gasteiger charge is 2.11. The van der Waals surface area contributed by atoms with Crippen LogP contribution in [-0.4, -0.2) is 12.7 Å². The minimum atomic E-state index is -0.466. The van der Waals surface area contributed by atoms with Gasteiger partial charge in [-0.1, -0.05) is 30.1 Å². The molecule has 0 fully saturated rings. The Morgan fingerprint density at radius 1 is 1.15 bits per heavy atom. The molecule has 0 aromatic heterocycles. The molecule has 0 aliphatic heterocycles. The maximum Gasteiger partial charge on any atom is 0.411 e. The zero-order valence-corrected chi connectivity index (χ0v) is 17.2. The van der Waals surface area contributed by atoms with Crippen LogP contribution in [0.15, 0.2) is 36.4 Å². The van der Waals surface area contributed by atoms with Gasteiger partial charge in [0.15, 0.2) is 5.69 Å². The highest BCUT2D eigenvalue weighted by atomic mass is 35.5. The van der Waals surface area contributed by atoms with Crippen LogP contribution in [0.1, 0.15) is 18.9 Å². The highest BCUT2D eigenvalue weighted by molar-refractivity contribution is 6.34. The summed E-state index contributed by atoms with van der Waals surface area (Å²) < 4.78 is 5.00. The molecule has 2 rings (SSSR count). The Morgan fingerprint density at radius 2 is 1.81 bits per heavy atom. The maximum absolute atomic E-state index is 11.6. The van der Waals surface area contributed by atoms with E-state index < -0.39 is 6.09 Å². The SMILES string of the molecule is CCCOC(=O)Nc1ccc([NH2+]Cc2cc(Cl)cc(Cl)c2)cc1[NH3+].[Cl-].[Cl-]. The number of anilines is 1. The molecule has 0 radical (unpaired) electrons. The number of hydrogen-bond donors (Lipinski definition) is 3. The second-order valence-corrected chi connectivity index (χ2v) is 6.24. The third-order valence-corrected chi connectivity index (χ3v) is 3.74. The summed E-state index contributed by atoms with van der Waals surface area (Å²) >= 11 is 12.0. The fraction of sp³-hybridized carbons (Fsp3) is 0.235. The largest absolute Gasteiger partial charge is 1.00 e. The highest BCUT2D eigenvalue weighted by Crippen LogP contribution is 2.20. The van der Waals surface area contributed by atoms with Crippen LogP contribution in [0.2, 0.25) is 10.0 Å². The van der Waals surface area contributed by atoms with Crippen LogP contribution in [0.25, 0.3) is 0 Å². The van der Waals surface area contributed by atoms with E-state index in [9.17, 15) is 4.79 Å². The van der Waals surface area contributed by atoms with Crippen LogP contribution in [0, 0.1) is 0 Å². The van der Waals surface area contributed by atoms with Gasteiger partial charge in [-0.15, -0.1) is 0 Å². The minimum absolute atomic E-state index is 0. The lowest BCUT2D eigenvalue weighted by atomic mass is 10.2. The number of ether oxygens (including phenoxy) is 1. The molecule has 6 N–H and O–H groups in total. The third kappa shape index (κ3) is 7.99. The van der Waals surface area contributed by atoms with Crippen LogP contribution < -0.4 is 41.2 Å². The van der Waals surface area contributed by atoms with Crippen molar-refractivity contribution < 1.29 is 45.4 Å². The van der Waals surface area contributed by atoms with Crippen molar-refractivity contribution in [1.82, 2.24) is 0 Å². The molecule has 0 saturated heterocycles. The van der Waals surface area contributed by atoms with Gasteiger partial charge in [-0.25, -0.2) is 4.79 Å². The number of benzene rings is 2. The fourth-order valence-corrected chi connectivity index (χ4v) is 2.74. The number of carbonyl (C=O) groups is 1. The van der Waals surface area contributed by atoms with Crippen molar-refractivity contribution in [2.75, 3.05) is 11.9 Å². The monoisotopic (exact) mass is 439 g/mol. The molecule has 0 unspecified atom stereocenters. The van der Waals surface area contributed by atoms with E-state index >= 15 is 0 Å². The standard InChI is InChI=1S/C17H19Cl2N3O2.2ClH/c1-2-5-24-17(23)22-16-4-3-14(9-15(16)20)21-10-11-6-12(18)8-13(19)7-11;;/h3-4,6-9,21H,2,5,10,20H2,1H3,(H,22,23);2*1H. The van der Waals surface area contributed by atoms with E-state index in [4.69, 9.17) is 27.9 Å². The number of amides is 1. The van der Waals surface area contributed by atoms with E-state index in [1.165, 1.54) is 0 Å². The summed E-state index contributed by atoms with van der Waals surface area (Å²) in [5, 5.41) is 5.98. The van der Waals surface area contributed by atoms with E-state index in [1.807, 2.05) is 37.3 Å². The quantitative estimate of drug-likeness (QED) is 0.425. The smallest absolute Gasteiger partial charge is 0.411 e. The Labute approximate surface area is 175 Å². The Balaban J connectivity index is 0.00000312. The lowest BCUT2D eigenvalue weighted by Gasteiger charge is -2.08. The number of hydrogen-bond acceptors (Lipinski definition) is 2. The van der Waals surface area contributed by atoms with Crippen LogP contribution in [0.4, 0.5) is 21.9 Å². The van der Waals surface area contributed by atoms with Gasteiger partial charge in [-0.2, -0.15) is 0 Å². The van der Waals surface area contributed by atoms with Crippen molar-refractivity contribution in [3.63, 3.8) is 0 Å². The summed E-state index contributed by atoms with van der Waals surface area (Å²) in [5.74, 6) is 0. The predicted molar refractivity (Wildman–Crippen MR) is 96.0 cm³/mol. The number of quaternary nitrogens is 2. The summed E-state index contributed by atoms with van der Waals surface area (Å²) in [4.78, 5) is 11.6. The van der Waals surface area contributed by atoms with Gasteiger partial charge in [0.25, 0.3) is 0 Å². The Hall–Kier alpha value is -1.21. The molecule has 1 amide bonds. The molecule has 0 spiro atoms. The van der Waals surface area contributed by atoms with Gasteiger partial charge in [0, 0.05) is 21.7 Å². The number of nitrogens with two attached hydrogens (primary N) is 1. The summed E-state index contributed by atoms with van der Waals surface area (Å²) in [7, 11) is 0. The maximum atomic E-state index is 11.6. The van der Waals surface area contributed by atoms with Crippen LogP contribution in [0.5, 0.6) is 0 Å². The van der Waals surface area contributed by atoms with E-state index in [0.29, 0.717) is 28.9 Å². The molecule has 0 aliphatic carbocycles. The molecule has 144 valence electrons. The summed E-state index contributed by atoms with van der Waals surface area (Å²) in [6.45, 7) is 3.04. The van der Waals surface area contributed by atoms with E-state index in [1.54, 1.807) is 6.07 Å². The lowest BCUT2D eigenvalue weighted by molar-refractivity contribution is -0.588. The first-order chi connectivity index (χ1) is 11.5. The molecule has 0 heterocycles. The molecule has 2 aromatic carbocycles. The van der Waals surface area contributed by atoms with Crippen LogP contribution in [0.3, 0.4) is 0 Å². The van der Waals surface area contributed by atoms with Crippen LogP contribution in [-0.2, 0) is 11.3 Å². The second-order valence-electron chi connectivity index (χ2n) is 5.36. The summed E-state index contributed by atoms with van der Waals surface area (Å²) in [6.07, 6.45) is 0.318. The second kappa shape index (κ2) is 12.2. The van der Waals surface area contributed by atoms with E-state index in [2.05, 4.69) is 16.4 Å².